The zero-order valence-electron chi connectivity index (χ0n) is 13.2. The second-order valence-corrected chi connectivity index (χ2v) is 6.83. The SMILES string of the molecule is CC1CN(CCNCC2CCCCC2)CC(C)N1C. The number of hydrogen-bond donors (Lipinski definition) is 1. The van der Waals surface area contributed by atoms with E-state index < -0.39 is 0 Å². The summed E-state index contributed by atoms with van der Waals surface area (Å²) < 4.78 is 0. The molecule has 0 aromatic rings. The van der Waals surface area contributed by atoms with E-state index in [0.717, 1.165) is 5.92 Å². The molecule has 0 amide bonds. The highest BCUT2D eigenvalue weighted by Crippen LogP contribution is 2.22. The molecule has 2 fully saturated rings. The van der Waals surface area contributed by atoms with E-state index in [-0.39, 0.29) is 0 Å². The molecule has 1 N–H and O–H groups in total. The summed E-state index contributed by atoms with van der Waals surface area (Å²) in [5.74, 6) is 0.957. The molecule has 3 heteroatoms. The molecule has 19 heavy (non-hydrogen) atoms. The van der Waals surface area contributed by atoms with E-state index in [0.29, 0.717) is 12.1 Å². The second kappa shape index (κ2) is 7.61. The predicted molar refractivity (Wildman–Crippen MR) is 82.6 cm³/mol. The fraction of sp³-hybridized carbons (Fsp3) is 1.00. The van der Waals surface area contributed by atoms with Gasteiger partial charge in [0, 0.05) is 38.3 Å². The molecule has 1 heterocycles. The van der Waals surface area contributed by atoms with Crippen molar-refractivity contribution in [2.45, 2.75) is 58.0 Å². The van der Waals surface area contributed by atoms with E-state index in [9.17, 15) is 0 Å². The molecule has 112 valence electrons. The molecule has 0 spiro atoms. The lowest BCUT2D eigenvalue weighted by molar-refractivity contribution is 0.0605. The Hall–Kier alpha value is -0.120. The van der Waals surface area contributed by atoms with Crippen molar-refractivity contribution < 1.29 is 0 Å². The maximum atomic E-state index is 3.69. The Morgan fingerprint density at radius 2 is 1.63 bits per heavy atom. The molecule has 1 saturated carbocycles. The Morgan fingerprint density at radius 1 is 1.00 bits per heavy atom. The van der Waals surface area contributed by atoms with Crippen LogP contribution in [0.15, 0.2) is 0 Å². The number of hydrogen-bond acceptors (Lipinski definition) is 3. The highest BCUT2D eigenvalue weighted by atomic mass is 15.3. The second-order valence-electron chi connectivity index (χ2n) is 6.83. The van der Waals surface area contributed by atoms with Crippen LogP contribution in [0.25, 0.3) is 0 Å². The molecule has 2 unspecified atom stereocenters. The van der Waals surface area contributed by atoms with Gasteiger partial charge in [-0.15, -0.1) is 0 Å². The summed E-state index contributed by atoms with van der Waals surface area (Å²) in [6, 6.07) is 1.39. The normalized spacial score (nSPS) is 31.7. The van der Waals surface area contributed by atoms with E-state index in [1.54, 1.807) is 0 Å². The summed E-state index contributed by atoms with van der Waals surface area (Å²) in [4.78, 5) is 5.13. The van der Waals surface area contributed by atoms with Gasteiger partial charge in [-0.1, -0.05) is 19.3 Å². The van der Waals surface area contributed by atoms with Crippen molar-refractivity contribution >= 4 is 0 Å². The average molecular weight is 267 g/mol. The molecule has 1 saturated heterocycles. The van der Waals surface area contributed by atoms with Gasteiger partial charge in [0.15, 0.2) is 0 Å². The van der Waals surface area contributed by atoms with Crippen molar-refractivity contribution in [3.05, 3.63) is 0 Å². The maximum absolute atomic E-state index is 3.69. The number of rotatable bonds is 5. The Labute approximate surface area is 119 Å². The summed E-state index contributed by atoms with van der Waals surface area (Å²) in [5.41, 5.74) is 0. The number of likely N-dealkylation sites (N-methyl/N-ethyl adjacent to an activating group) is 1. The third kappa shape index (κ3) is 4.73. The van der Waals surface area contributed by atoms with E-state index in [2.05, 4.69) is 36.0 Å². The molecule has 0 radical (unpaired) electrons. The quantitative estimate of drug-likeness (QED) is 0.770. The standard InChI is InChI=1S/C16H33N3/c1-14-12-19(13-15(2)18(14)3)10-9-17-11-16-7-5-4-6-8-16/h14-17H,4-13H2,1-3H3. The third-order valence-corrected chi connectivity index (χ3v) is 5.20. The third-order valence-electron chi connectivity index (χ3n) is 5.20. The van der Waals surface area contributed by atoms with Crippen LogP contribution in [0.5, 0.6) is 0 Å². The Bertz CT molecular complexity index is 238. The van der Waals surface area contributed by atoms with Crippen LogP contribution in [0.2, 0.25) is 0 Å². The molecule has 1 aliphatic carbocycles. The zero-order chi connectivity index (χ0) is 13.7. The number of nitrogens with zero attached hydrogens (tertiary/aromatic N) is 2. The van der Waals surface area contributed by atoms with Gasteiger partial charge in [-0.05, 0) is 46.2 Å². The molecule has 2 atom stereocenters. The van der Waals surface area contributed by atoms with E-state index in [1.165, 1.54) is 64.8 Å². The first-order chi connectivity index (χ1) is 9.16. The van der Waals surface area contributed by atoms with Crippen molar-refractivity contribution in [1.29, 1.82) is 0 Å². The molecule has 0 aromatic carbocycles. The molecular formula is C16H33N3. The molecule has 3 nitrogen and oxygen atoms in total. The predicted octanol–water partition coefficient (Wildman–Crippen LogP) is 2.18. The van der Waals surface area contributed by atoms with Crippen LogP contribution in [-0.2, 0) is 0 Å². The first-order valence-electron chi connectivity index (χ1n) is 8.32. The lowest BCUT2D eigenvalue weighted by Crippen LogP contribution is -2.55. The molecule has 0 aromatic heterocycles. The Balaban J connectivity index is 1.58. The van der Waals surface area contributed by atoms with E-state index in [1.807, 2.05) is 0 Å². The van der Waals surface area contributed by atoms with E-state index >= 15 is 0 Å². The monoisotopic (exact) mass is 267 g/mol. The van der Waals surface area contributed by atoms with Gasteiger partial charge in [-0.3, -0.25) is 9.80 Å². The Kier molecular flexibility index (Phi) is 6.11. The van der Waals surface area contributed by atoms with Crippen LogP contribution in [-0.4, -0.2) is 61.7 Å². The van der Waals surface area contributed by atoms with Crippen LogP contribution < -0.4 is 5.32 Å². The number of piperazine rings is 1. The van der Waals surface area contributed by atoms with Crippen LogP contribution in [0, 0.1) is 5.92 Å². The topological polar surface area (TPSA) is 18.5 Å². The van der Waals surface area contributed by atoms with Gasteiger partial charge in [-0.2, -0.15) is 0 Å². The fourth-order valence-electron chi connectivity index (χ4n) is 3.63. The molecule has 0 bridgehead atoms. The fourth-order valence-corrected chi connectivity index (χ4v) is 3.63. The first kappa shape index (κ1) is 15.3. The summed E-state index contributed by atoms with van der Waals surface area (Å²) in [5, 5.41) is 3.69. The summed E-state index contributed by atoms with van der Waals surface area (Å²) in [6.07, 6.45) is 7.29. The van der Waals surface area contributed by atoms with Crippen LogP contribution >= 0.6 is 0 Å². The van der Waals surface area contributed by atoms with Gasteiger partial charge in [0.25, 0.3) is 0 Å². The van der Waals surface area contributed by atoms with Gasteiger partial charge in [-0.25, -0.2) is 0 Å². The van der Waals surface area contributed by atoms with Gasteiger partial charge in [0.1, 0.15) is 0 Å². The van der Waals surface area contributed by atoms with Crippen LogP contribution in [0.4, 0.5) is 0 Å². The van der Waals surface area contributed by atoms with Gasteiger partial charge >= 0.3 is 0 Å². The van der Waals surface area contributed by atoms with Gasteiger partial charge < -0.3 is 5.32 Å². The van der Waals surface area contributed by atoms with Gasteiger partial charge in [0.2, 0.25) is 0 Å². The Morgan fingerprint density at radius 3 is 2.26 bits per heavy atom. The summed E-state index contributed by atoms with van der Waals surface area (Å²) >= 11 is 0. The highest BCUT2D eigenvalue weighted by Gasteiger charge is 2.25. The lowest BCUT2D eigenvalue weighted by Gasteiger charge is -2.42. The largest absolute Gasteiger partial charge is 0.315 e. The maximum Gasteiger partial charge on any atom is 0.0195 e. The van der Waals surface area contributed by atoms with E-state index in [4.69, 9.17) is 0 Å². The smallest absolute Gasteiger partial charge is 0.0195 e. The van der Waals surface area contributed by atoms with Crippen LogP contribution in [0.1, 0.15) is 46.0 Å². The van der Waals surface area contributed by atoms with Crippen molar-refractivity contribution in [2.24, 2.45) is 5.92 Å². The minimum Gasteiger partial charge on any atom is -0.315 e. The molecule has 2 rings (SSSR count). The van der Waals surface area contributed by atoms with Crippen LogP contribution in [0.3, 0.4) is 0 Å². The lowest BCUT2D eigenvalue weighted by atomic mass is 9.89. The minimum atomic E-state index is 0.696. The average Bonchev–Trinajstić information content (AvgIpc) is 2.42. The van der Waals surface area contributed by atoms with Crippen molar-refractivity contribution in [2.75, 3.05) is 39.8 Å². The molecule has 2 aliphatic rings. The molecule has 1 aliphatic heterocycles. The van der Waals surface area contributed by atoms with Crippen molar-refractivity contribution in [1.82, 2.24) is 15.1 Å². The summed E-state index contributed by atoms with van der Waals surface area (Å²) in [7, 11) is 2.26. The molecular weight excluding hydrogens is 234 g/mol. The zero-order valence-corrected chi connectivity index (χ0v) is 13.2. The highest BCUT2D eigenvalue weighted by molar-refractivity contribution is 4.82. The minimum absolute atomic E-state index is 0.696. The summed E-state index contributed by atoms with van der Waals surface area (Å²) in [6.45, 7) is 10.8. The van der Waals surface area contributed by atoms with Gasteiger partial charge in [0.05, 0.1) is 0 Å². The first-order valence-corrected chi connectivity index (χ1v) is 8.32. The van der Waals surface area contributed by atoms with Crippen molar-refractivity contribution in [3.8, 4) is 0 Å². The van der Waals surface area contributed by atoms with Crippen molar-refractivity contribution in [3.63, 3.8) is 0 Å². The number of nitrogens with one attached hydrogen (secondary N) is 1.